The number of carbonyl (C=O) groups is 2. The van der Waals surface area contributed by atoms with Gasteiger partial charge in [0.25, 0.3) is 5.91 Å². The minimum atomic E-state index is -1.13. The number of nitrogens with one attached hydrogen (secondary N) is 3. The number of hydrogen-bond acceptors (Lipinski definition) is 3. The van der Waals surface area contributed by atoms with E-state index in [0.29, 0.717) is 5.52 Å². The minimum Gasteiger partial charge on any atom is -0.343 e. The molecule has 3 N–H and O–H groups in total. The van der Waals surface area contributed by atoms with E-state index in [-0.39, 0.29) is 18.1 Å². The van der Waals surface area contributed by atoms with E-state index in [0.717, 1.165) is 23.7 Å². The van der Waals surface area contributed by atoms with Crippen molar-refractivity contribution < 1.29 is 18.4 Å². The first-order valence-corrected chi connectivity index (χ1v) is 7.01. The maximum Gasteiger partial charge on any atom is 0.251 e. The van der Waals surface area contributed by atoms with Crippen LogP contribution in [0.2, 0.25) is 0 Å². The second-order valence-electron chi connectivity index (χ2n) is 4.96. The smallest absolute Gasteiger partial charge is 0.251 e. The number of H-pyrrole nitrogens is 1. The summed E-state index contributed by atoms with van der Waals surface area (Å²) in [5.41, 5.74) is 1.38. The summed E-state index contributed by atoms with van der Waals surface area (Å²) in [7, 11) is 0. The Morgan fingerprint density at radius 1 is 1.08 bits per heavy atom. The van der Waals surface area contributed by atoms with E-state index in [1.807, 2.05) is 18.2 Å². The molecule has 0 aliphatic rings. The van der Waals surface area contributed by atoms with Gasteiger partial charge in [-0.1, -0.05) is 12.1 Å². The lowest BCUT2D eigenvalue weighted by atomic mass is 10.2. The van der Waals surface area contributed by atoms with Crippen molar-refractivity contribution in [3.8, 4) is 0 Å². The molecule has 2 aromatic carbocycles. The second-order valence-corrected chi connectivity index (χ2v) is 4.96. The van der Waals surface area contributed by atoms with Gasteiger partial charge < -0.3 is 10.3 Å². The van der Waals surface area contributed by atoms with Crippen LogP contribution in [0.3, 0.4) is 0 Å². The molecule has 0 atom stereocenters. The third kappa shape index (κ3) is 3.37. The Hall–Kier alpha value is -3.29. The first kappa shape index (κ1) is 15.6. The lowest BCUT2D eigenvalue weighted by molar-refractivity contribution is -0.115. The monoisotopic (exact) mass is 330 g/mol. The lowest BCUT2D eigenvalue weighted by Gasteiger charge is -2.05. The van der Waals surface area contributed by atoms with Gasteiger partial charge in [0.15, 0.2) is 11.6 Å². The van der Waals surface area contributed by atoms with Crippen LogP contribution in [-0.2, 0) is 4.79 Å². The molecule has 0 saturated heterocycles. The molecule has 0 aliphatic heterocycles. The van der Waals surface area contributed by atoms with Crippen molar-refractivity contribution in [2.24, 2.45) is 0 Å². The van der Waals surface area contributed by atoms with E-state index >= 15 is 0 Å². The molecule has 24 heavy (non-hydrogen) atoms. The van der Waals surface area contributed by atoms with Gasteiger partial charge in [-0.05, 0) is 30.3 Å². The fraction of sp³-hybridized carbons (Fsp3) is 0.0625. The normalized spacial score (nSPS) is 10.6. The number of benzene rings is 2. The number of imidazole rings is 1. The van der Waals surface area contributed by atoms with E-state index in [1.165, 1.54) is 0 Å². The summed E-state index contributed by atoms with van der Waals surface area (Å²) >= 11 is 0. The number of hydrogen-bond donors (Lipinski definition) is 3. The molecular formula is C16H12F2N4O2. The van der Waals surface area contributed by atoms with Gasteiger partial charge in [0.05, 0.1) is 17.6 Å². The van der Waals surface area contributed by atoms with E-state index in [1.54, 1.807) is 6.07 Å². The van der Waals surface area contributed by atoms with Crippen LogP contribution in [0.1, 0.15) is 10.4 Å². The standard InChI is InChI=1S/C16H12F2N4O2/c17-10-6-5-9(7-11(10)18)15(24)19-8-14(23)22-16-20-12-3-1-2-4-13(12)21-16/h1-7H,8H2,(H,19,24)(H2,20,21,22,23). The van der Waals surface area contributed by atoms with Crippen molar-refractivity contribution in [3.05, 3.63) is 59.7 Å². The zero-order chi connectivity index (χ0) is 17.1. The van der Waals surface area contributed by atoms with E-state index < -0.39 is 23.4 Å². The van der Waals surface area contributed by atoms with E-state index in [2.05, 4.69) is 20.6 Å². The zero-order valence-electron chi connectivity index (χ0n) is 12.3. The first-order chi connectivity index (χ1) is 11.5. The van der Waals surface area contributed by atoms with Crippen molar-refractivity contribution in [2.75, 3.05) is 11.9 Å². The maximum absolute atomic E-state index is 13.1. The number of aromatic nitrogens is 2. The summed E-state index contributed by atoms with van der Waals surface area (Å²) in [5.74, 6) is -3.12. The summed E-state index contributed by atoms with van der Waals surface area (Å²) in [4.78, 5) is 30.7. The predicted octanol–water partition coefficient (Wildman–Crippen LogP) is 2.21. The SMILES string of the molecule is O=C(CNC(=O)c1ccc(F)c(F)c1)Nc1nc2ccccc2[nH]1. The topological polar surface area (TPSA) is 86.9 Å². The Balaban J connectivity index is 1.58. The lowest BCUT2D eigenvalue weighted by Crippen LogP contribution is -2.33. The van der Waals surface area contributed by atoms with Gasteiger partial charge in [-0.15, -0.1) is 0 Å². The van der Waals surface area contributed by atoms with Gasteiger partial charge in [-0.25, -0.2) is 13.8 Å². The number of amides is 2. The molecule has 1 aromatic heterocycles. The quantitative estimate of drug-likeness (QED) is 0.685. The largest absolute Gasteiger partial charge is 0.343 e. The van der Waals surface area contributed by atoms with Gasteiger partial charge in [0, 0.05) is 5.56 Å². The molecule has 3 aromatic rings. The van der Waals surface area contributed by atoms with E-state index in [4.69, 9.17) is 0 Å². The molecule has 0 bridgehead atoms. The van der Waals surface area contributed by atoms with Gasteiger partial charge in [-0.2, -0.15) is 0 Å². The fourth-order valence-electron chi connectivity index (χ4n) is 2.09. The van der Waals surface area contributed by atoms with Crippen molar-refractivity contribution in [1.82, 2.24) is 15.3 Å². The number of rotatable bonds is 4. The van der Waals surface area contributed by atoms with Gasteiger partial charge in [-0.3, -0.25) is 14.9 Å². The number of halogens is 2. The Kier molecular flexibility index (Phi) is 4.19. The number of carbonyl (C=O) groups excluding carboxylic acids is 2. The number of aromatic amines is 1. The van der Waals surface area contributed by atoms with Crippen LogP contribution < -0.4 is 10.6 Å². The third-order valence-electron chi connectivity index (χ3n) is 3.24. The van der Waals surface area contributed by atoms with Crippen LogP contribution in [0, 0.1) is 11.6 Å². The van der Waals surface area contributed by atoms with Crippen LogP contribution in [0.4, 0.5) is 14.7 Å². The molecule has 0 aliphatic carbocycles. The summed E-state index contributed by atoms with van der Waals surface area (Å²) in [6.07, 6.45) is 0. The van der Waals surface area contributed by atoms with Crippen LogP contribution in [0.5, 0.6) is 0 Å². The fourth-order valence-corrected chi connectivity index (χ4v) is 2.09. The molecule has 2 amide bonds. The van der Waals surface area contributed by atoms with Crippen molar-refractivity contribution >= 4 is 28.8 Å². The highest BCUT2D eigenvalue weighted by Gasteiger charge is 2.12. The summed E-state index contributed by atoms with van der Waals surface area (Å²) < 4.78 is 25.9. The van der Waals surface area contributed by atoms with Gasteiger partial charge in [0.1, 0.15) is 0 Å². The first-order valence-electron chi connectivity index (χ1n) is 7.01. The molecule has 122 valence electrons. The summed E-state index contributed by atoms with van der Waals surface area (Å²) in [5, 5.41) is 4.82. The zero-order valence-corrected chi connectivity index (χ0v) is 12.3. The molecule has 6 nitrogen and oxygen atoms in total. The molecular weight excluding hydrogens is 318 g/mol. The molecule has 0 radical (unpaired) electrons. The van der Waals surface area contributed by atoms with Crippen LogP contribution >= 0.6 is 0 Å². The molecule has 0 unspecified atom stereocenters. The second kappa shape index (κ2) is 6.45. The summed E-state index contributed by atoms with van der Waals surface area (Å²) in [6, 6.07) is 9.98. The van der Waals surface area contributed by atoms with Crippen molar-refractivity contribution in [1.29, 1.82) is 0 Å². The average Bonchev–Trinajstić information content (AvgIpc) is 2.97. The van der Waals surface area contributed by atoms with Crippen LogP contribution in [0.15, 0.2) is 42.5 Å². The summed E-state index contributed by atoms with van der Waals surface area (Å²) in [6.45, 7) is -0.338. The number of nitrogens with zero attached hydrogens (tertiary/aromatic N) is 1. The Morgan fingerprint density at radius 2 is 1.88 bits per heavy atom. The van der Waals surface area contributed by atoms with E-state index in [9.17, 15) is 18.4 Å². The highest BCUT2D eigenvalue weighted by atomic mass is 19.2. The average molecular weight is 330 g/mol. The number of fused-ring (bicyclic) bond motifs is 1. The molecule has 0 fully saturated rings. The maximum atomic E-state index is 13.1. The molecule has 8 heteroatoms. The Morgan fingerprint density at radius 3 is 2.62 bits per heavy atom. The molecule has 0 spiro atoms. The minimum absolute atomic E-state index is 0.0783. The molecule has 1 heterocycles. The molecule has 3 rings (SSSR count). The highest BCUT2D eigenvalue weighted by Crippen LogP contribution is 2.13. The van der Waals surface area contributed by atoms with Crippen LogP contribution in [0.25, 0.3) is 11.0 Å². The number of para-hydroxylation sites is 2. The predicted molar refractivity (Wildman–Crippen MR) is 83.4 cm³/mol. The van der Waals surface area contributed by atoms with Gasteiger partial charge >= 0.3 is 0 Å². The molecule has 0 saturated carbocycles. The highest BCUT2D eigenvalue weighted by molar-refractivity contribution is 5.99. The third-order valence-corrected chi connectivity index (χ3v) is 3.24. The Labute approximate surface area is 134 Å². The van der Waals surface area contributed by atoms with Crippen LogP contribution in [-0.4, -0.2) is 28.3 Å². The number of anilines is 1. The van der Waals surface area contributed by atoms with Gasteiger partial charge in [0.2, 0.25) is 11.9 Å². The Bertz CT molecular complexity index is 890. The van der Waals surface area contributed by atoms with Crippen molar-refractivity contribution in [2.45, 2.75) is 0 Å². The van der Waals surface area contributed by atoms with Crippen molar-refractivity contribution in [3.63, 3.8) is 0 Å².